The molecular formula is C10H15ClN2O. The van der Waals surface area contributed by atoms with Crippen LogP contribution < -0.4 is 5.32 Å². The molecule has 0 saturated carbocycles. The summed E-state index contributed by atoms with van der Waals surface area (Å²) in [6, 6.07) is 1.83. The summed E-state index contributed by atoms with van der Waals surface area (Å²) >= 11 is 5.91. The van der Waals surface area contributed by atoms with Crippen LogP contribution in [-0.2, 0) is 6.42 Å². The van der Waals surface area contributed by atoms with Gasteiger partial charge in [0.15, 0.2) is 0 Å². The standard InChI is InChI=1S/C10H15ClN2O/c1-2-12-6-9(14)5-8-3-4-13-7-10(8)11/h3-4,7,9,12,14H,2,5-6H2,1H3. The molecule has 0 aliphatic heterocycles. The van der Waals surface area contributed by atoms with E-state index in [0.717, 1.165) is 12.1 Å². The fourth-order valence-corrected chi connectivity index (χ4v) is 1.40. The molecule has 0 saturated heterocycles. The minimum absolute atomic E-state index is 0.394. The lowest BCUT2D eigenvalue weighted by Gasteiger charge is -2.11. The lowest BCUT2D eigenvalue weighted by molar-refractivity contribution is 0.172. The van der Waals surface area contributed by atoms with E-state index in [4.69, 9.17) is 11.6 Å². The topological polar surface area (TPSA) is 45.1 Å². The Morgan fingerprint density at radius 3 is 3.07 bits per heavy atom. The van der Waals surface area contributed by atoms with Crippen LogP contribution in [0.1, 0.15) is 12.5 Å². The van der Waals surface area contributed by atoms with Gasteiger partial charge in [-0.15, -0.1) is 0 Å². The maximum Gasteiger partial charge on any atom is 0.0705 e. The number of aromatic nitrogens is 1. The first-order valence-electron chi connectivity index (χ1n) is 4.71. The van der Waals surface area contributed by atoms with E-state index in [-0.39, 0.29) is 0 Å². The van der Waals surface area contributed by atoms with E-state index < -0.39 is 6.10 Å². The van der Waals surface area contributed by atoms with Crippen LogP contribution in [0.4, 0.5) is 0 Å². The maximum atomic E-state index is 9.62. The molecule has 0 aliphatic carbocycles. The van der Waals surface area contributed by atoms with Crippen molar-refractivity contribution in [3.05, 3.63) is 29.0 Å². The highest BCUT2D eigenvalue weighted by Crippen LogP contribution is 2.14. The number of nitrogens with one attached hydrogen (secondary N) is 1. The molecule has 0 spiro atoms. The predicted octanol–water partition coefficient (Wildman–Crippen LogP) is 1.25. The molecule has 14 heavy (non-hydrogen) atoms. The molecule has 1 aromatic heterocycles. The number of aliphatic hydroxyl groups is 1. The van der Waals surface area contributed by atoms with E-state index in [1.165, 1.54) is 0 Å². The second-order valence-corrected chi connectivity index (χ2v) is 3.54. The number of nitrogens with zero attached hydrogens (tertiary/aromatic N) is 1. The van der Waals surface area contributed by atoms with Gasteiger partial charge >= 0.3 is 0 Å². The van der Waals surface area contributed by atoms with Gasteiger partial charge in [0.05, 0.1) is 11.1 Å². The first-order chi connectivity index (χ1) is 6.74. The Hall–Kier alpha value is -0.640. The normalized spacial score (nSPS) is 12.8. The molecule has 0 aromatic carbocycles. The summed E-state index contributed by atoms with van der Waals surface area (Å²) in [6.45, 7) is 3.46. The third kappa shape index (κ3) is 3.62. The smallest absolute Gasteiger partial charge is 0.0705 e. The third-order valence-electron chi connectivity index (χ3n) is 1.94. The van der Waals surface area contributed by atoms with Crippen molar-refractivity contribution in [3.63, 3.8) is 0 Å². The molecule has 1 unspecified atom stereocenters. The number of hydrogen-bond donors (Lipinski definition) is 2. The molecule has 0 aliphatic rings. The van der Waals surface area contributed by atoms with Gasteiger partial charge in [0.1, 0.15) is 0 Å². The molecule has 1 rings (SSSR count). The maximum absolute atomic E-state index is 9.62. The van der Waals surface area contributed by atoms with Gasteiger partial charge in [0.2, 0.25) is 0 Å². The minimum Gasteiger partial charge on any atom is -0.391 e. The van der Waals surface area contributed by atoms with Gasteiger partial charge in [-0.1, -0.05) is 18.5 Å². The Morgan fingerprint density at radius 2 is 2.43 bits per heavy atom. The summed E-state index contributed by atoms with van der Waals surface area (Å²) < 4.78 is 0. The fourth-order valence-electron chi connectivity index (χ4n) is 1.21. The summed E-state index contributed by atoms with van der Waals surface area (Å²) in [5.74, 6) is 0. The Kier molecular flexibility index (Phi) is 4.87. The number of pyridine rings is 1. The Bertz CT molecular complexity index is 281. The van der Waals surface area contributed by atoms with E-state index in [0.29, 0.717) is 18.0 Å². The van der Waals surface area contributed by atoms with Crippen LogP contribution in [-0.4, -0.2) is 29.3 Å². The lowest BCUT2D eigenvalue weighted by atomic mass is 10.1. The van der Waals surface area contributed by atoms with Crippen molar-refractivity contribution in [2.45, 2.75) is 19.4 Å². The average Bonchev–Trinajstić information content (AvgIpc) is 2.18. The first kappa shape index (κ1) is 11.4. The molecule has 0 bridgehead atoms. The van der Waals surface area contributed by atoms with Gasteiger partial charge < -0.3 is 10.4 Å². The van der Waals surface area contributed by atoms with Crippen LogP contribution in [0.15, 0.2) is 18.5 Å². The van der Waals surface area contributed by atoms with Crippen molar-refractivity contribution < 1.29 is 5.11 Å². The molecule has 78 valence electrons. The quantitative estimate of drug-likeness (QED) is 0.776. The highest BCUT2D eigenvalue weighted by molar-refractivity contribution is 6.31. The third-order valence-corrected chi connectivity index (χ3v) is 2.28. The van der Waals surface area contributed by atoms with Gasteiger partial charge in [-0.05, 0) is 18.2 Å². The van der Waals surface area contributed by atoms with Crippen LogP contribution in [0, 0.1) is 0 Å². The van der Waals surface area contributed by atoms with E-state index >= 15 is 0 Å². The molecule has 1 atom stereocenters. The summed E-state index contributed by atoms with van der Waals surface area (Å²) in [7, 11) is 0. The minimum atomic E-state index is -0.394. The molecule has 2 N–H and O–H groups in total. The Balaban J connectivity index is 2.47. The summed E-state index contributed by atoms with van der Waals surface area (Å²) in [4.78, 5) is 3.89. The summed E-state index contributed by atoms with van der Waals surface area (Å²) in [6.07, 6.45) is 3.45. The molecule has 3 nitrogen and oxygen atoms in total. The van der Waals surface area contributed by atoms with Crippen LogP contribution in [0.3, 0.4) is 0 Å². The van der Waals surface area contributed by atoms with Gasteiger partial charge in [-0.3, -0.25) is 4.98 Å². The van der Waals surface area contributed by atoms with Gasteiger partial charge in [0, 0.05) is 25.4 Å². The van der Waals surface area contributed by atoms with Crippen molar-refractivity contribution in [1.29, 1.82) is 0 Å². The largest absolute Gasteiger partial charge is 0.391 e. The highest BCUT2D eigenvalue weighted by Gasteiger charge is 2.07. The number of rotatable bonds is 5. The van der Waals surface area contributed by atoms with Crippen molar-refractivity contribution in [3.8, 4) is 0 Å². The van der Waals surface area contributed by atoms with Crippen molar-refractivity contribution in [2.24, 2.45) is 0 Å². The van der Waals surface area contributed by atoms with Crippen LogP contribution in [0.2, 0.25) is 5.02 Å². The SMILES string of the molecule is CCNCC(O)Cc1ccncc1Cl. The molecule has 4 heteroatoms. The van der Waals surface area contributed by atoms with Crippen LogP contribution in [0.5, 0.6) is 0 Å². The van der Waals surface area contributed by atoms with Crippen LogP contribution in [0.25, 0.3) is 0 Å². The van der Waals surface area contributed by atoms with Crippen molar-refractivity contribution >= 4 is 11.6 Å². The number of hydrogen-bond acceptors (Lipinski definition) is 3. The molecule has 1 aromatic rings. The average molecular weight is 215 g/mol. The zero-order valence-electron chi connectivity index (χ0n) is 8.20. The lowest BCUT2D eigenvalue weighted by Crippen LogP contribution is -2.28. The number of aliphatic hydroxyl groups excluding tert-OH is 1. The second-order valence-electron chi connectivity index (χ2n) is 3.13. The molecule has 0 fully saturated rings. The zero-order chi connectivity index (χ0) is 10.4. The predicted molar refractivity (Wildman–Crippen MR) is 57.5 cm³/mol. The monoisotopic (exact) mass is 214 g/mol. The first-order valence-corrected chi connectivity index (χ1v) is 5.09. The van der Waals surface area contributed by atoms with Gasteiger partial charge in [-0.2, -0.15) is 0 Å². The van der Waals surface area contributed by atoms with Crippen LogP contribution >= 0.6 is 11.6 Å². The van der Waals surface area contributed by atoms with E-state index in [9.17, 15) is 5.11 Å². The number of likely N-dealkylation sites (N-methyl/N-ethyl adjacent to an activating group) is 1. The van der Waals surface area contributed by atoms with Gasteiger partial charge in [-0.25, -0.2) is 0 Å². The molecule has 1 heterocycles. The summed E-state index contributed by atoms with van der Waals surface area (Å²) in [5.41, 5.74) is 0.937. The van der Waals surface area contributed by atoms with E-state index in [1.807, 2.05) is 13.0 Å². The number of halogens is 1. The second kappa shape index (κ2) is 5.96. The van der Waals surface area contributed by atoms with Crippen molar-refractivity contribution in [2.75, 3.05) is 13.1 Å². The Labute approximate surface area is 89.1 Å². The fraction of sp³-hybridized carbons (Fsp3) is 0.500. The molecule has 0 amide bonds. The molecule has 0 radical (unpaired) electrons. The van der Waals surface area contributed by atoms with E-state index in [2.05, 4.69) is 10.3 Å². The highest BCUT2D eigenvalue weighted by atomic mass is 35.5. The van der Waals surface area contributed by atoms with Crippen molar-refractivity contribution in [1.82, 2.24) is 10.3 Å². The van der Waals surface area contributed by atoms with E-state index in [1.54, 1.807) is 12.4 Å². The Morgan fingerprint density at radius 1 is 1.64 bits per heavy atom. The van der Waals surface area contributed by atoms with Gasteiger partial charge in [0.25, 0.3) is 0 Å². The molecular weight excluding hydrogens is 200 g/mol. The summed E-state index contributed by atoms with van der Waals surface area (Å²) in [5, 5.41) is 13.3. The zero-order valence-corrected chi connectivity index (χ0v) is 8.96.